The number of aromatic nitrogens is 1. The second kappa shape index (κ2) is 5.06. The summed E-state index contributed by atoms with van der Waals surface area (Å²) in [4.78, 5) is 4.40. The molecule has 0 spiro atoms. The highest BCUT2D eigenvalue weighted by molar-refractivity contribution is 7.17. The van der Waals surface area contributed by atoms with Crippen molar-refractivity contribution in [3.8, 4) is 6.07 Å². The zero-order valence-electron chi connectivity index (χ0n) is 9.10. The van der Waals surface area contributed by atoms with Crippen molar-refractivity contribution in [2.24, 2.45) is 0 Å². The molecule has 3 nitrogen and oxygen atoms in total. The molecule has 1 atom stereocenters. The Morgan fingerprint density at radius 3 is 3.31 bits per heavy atom. The Balaban J connectivity index is 2.10. The molecule has 0 saturated heterocycles. The average Bonchev–Trinajstić information content (AvgIpc) is 2.76. The molecule has 2 aromatic rings. The molecule has 0 radical (unpaired) electrons. The van der Waals surface area contributed by atoms with Gasteiger partial charge in [-0.25, -0.2) is 0 Å². The fraction of sp³-hybridized carbons (Fsp3) is 0.333. The van der Waals surface area contributed by atoms with Crippen LogP contribution in [0.3, 0.4) is 0 Å². The average molecular weight is 231 g/mol. The second-order valence-electron chi connectivity index (χ2n) is 3.66. The number of pyridine rings is 1. The molecule has 0 aliphatic heterocycles. The Kier molecular flexibility index (Phi) is 3.50. The number of hydrogen-bond donors (Lipinski definition) is 1. The number of nitrogens with zero attached hydrogens (tertiary/aromatic N) is 2. The zero-order chi connectivity index (χ0) is 11.4. The molecule has 2 aromatic heterocycles. The van der Waals surface area contributed by atoms with Crippen molar-refractivity contribution < 1.29 is 0 Å². The van der Waals surface area contributed by atoms with Crippen LogP contribution < -0.4 is 5.32 Å². The van der Waals surface area contributed by atoms with E-state index in [4.69, 9.17) is 5.26 Å². The van der Waals surface area contributed by atoms with Gasteiger partial charge in [-0.1, -0.05) is 0 Å². The molecule has 1 unspecified atom stereocenters. The summed E-state index contributed by atoms with van der Waals surface area (Å²) < 4.78 is 1.21. The SMILES string of the molecule is CC(NCCC#N)c1cnc2ccsc2c1. The molecule has 0 fully saturated rings. The number of nitrogens with one attached hydrogen (secondary N) is 1. The first-order valence-electron chi connectivity index (χ1n) is 5.25. The summed E-state index contributed by atoms with van der Waals surface area (Å²) in [7, 11) is 0. The van der Waals surface area contributed by atoms with Crippen LogP contribution in [0, 0.1) is 11.3 Å². The van der Waals surface area contributed by atoms with E-state index in [9.17, 15) is 0 Å². The van der Waals surface area contributed by atoms with Gasteiger partial charge in [-0.3, -0.25) is 4.98 Å². The minimum absolute atomic E-state index is 0.243. The van der Waals surface area contributed by atoms with Crippen molar-refractivity contribution in [3.63, 3.8) is 0 Å². The van der Waals surface area contributed by atoms with Crippen LogP contribution in [0.15, 0.2) is 23.7 Å². The van der Waals surface area contributed by atoms with Gasteiger partial charge in [-0.2, -0.15) is 5.26 Å². The lowest BCUT2D eigenvalue weighted by molar-refractivity contribution is 0.582. The van der Waals surface area contributed by atoms with E-state index in [0.717, 1.165) is 12.1 Å². The Morgan fingerprint density at radius 2 is 2.50 bits per heavy atom. The van der Waals surface area contributed by atoms with Crippen molar-refractivity contribution in [2.45, 2.75) is 19.4 Å². The van der Waals surface area contributed by atoms with Crippen LogP contribution in [-0.2, 0) is 0 Å². The minimum Gasteiger partial charge on any atom is -0.309 e. The molecule has 2 heterocycles. The molecule has 82 valence electrons. The van der Waals surface area contributed by atoms with Crippen molar-refractivity contribution >= 4 is 21.6 Å². The largest absolute Gasteiger partial charge is 0.309 e. The van der Waals surface area contributed by atoms with Crippen LogP contribution in [0.1, 0.15) is 24.9 Å². The fourth-order valence-electron chi connectivity index (χ4n) is 1.56. The quantitative estimate of drug-likeness (QED) is 0.823. The van der Waals surface area contributed by atoms with E-state index in [0.29, 0.717) is 6.42 Å². The van der Waals surface area contributed by atoms with Crippen LogP contribution in [0.2, 0.25) is 0 Å². The van der Waals surface area contributed by atoms with E-state index in [2.05, 4.69) is 34.7 Å². The lowest BCUT2D eigenvalue weighted by atomic mass is 10.1. The highest BCUT2D eigenvalue weighted by Gasteiger charge is 2.06. The first-order chi connectivity index (χ1) is 7.81. The molecule has 16 heavy (non-hydrogen) atoms. The van der Waals surface area contributed by atoms with Gasteiger partial charge in [0.05, 0.1) is 16.3 Å². The fourth-order valence-corrected chi connectivity index (χ4v) is 2.35. The van der Waals surface area contributed by atoms with Crippen molar-refractivity contribution in [1.82, 2.24) is 10.3 Å². The molecular formula is C12H13N3S. The molecule has 1 N–H and O–H groups in total. The Labute approximate surface area is 98.7 Å². The van der Waals surface area contributed by atoms with Crippen LogP contribution in [-0.4, -0.2) is 11.5 Å². The van der Waals surface area contributed by atoms with E-state index in [1.54, 1.807) is 11.3 Å². The molecular weight excluding hydrogens is 218 g/mol. The number of hydrogen-bond acceptors (Lipinski definition) is 4. The third-order valence-electron chi connectivity index (χ3n) is 2.51. The minimum atomic E-state index is 0.243. The van der Waals surface area contributed by atoms with Crippen LogP contribution in [0.4, 0.5) is 0 Å². The standard InChI is InChI=1S/C12H13N3S/c1-9(14-5-2-4-13)10-7-12-11(15-8-10)3-6-16-12/h3,6-9,14H,2,5H2,1H3. The van der Waals surface area contributed by atoms with Gasteiger partial charge in [0.15, 0.2) is 0 Å². The maximum Gasteiger partial charge on any atom is 0.0809 e. The first-order valence-corrected chi connectivity index (χ1v) is 6.12. The monoisotopic (exact) mass is 231 g/mol. The predicted molar refractivity (Wildman–Crippen MR) is 66.3 cm³/mol. The second-order valence-corrected chi connectivity index (χ2v) is 4.60. The molecule has 2 rings (SSSR count). The van der Waals surface area contributed by atoms with Gasteiger partial charge in [0.25, 0.3) is 0 Å². The molecule has 0 bridgehead atoms. The molecule has 0 saturated carbocycles. The Morgan fingerprint density at radius 1 is 1.62 bits per heavy atom. The van der Waals surface area contributed by atoms with Gasteiger partial charge in [-0.15, -0.1) is 11.3 Å². The smallest absolute Gasteiger partial charge is 0.0809 e. The van der Waals surface area contributed by atoms with E-state index >= 15 is 0 Å². The normalized spacial score (nSPS) is 12.5. The first kappa shape index (κ1) is 11.1. The van der Waals surface area contributed by atoms with Crippen molar-refractivity contribution in [3.05, 3.63) is 29.3 Å². The molecule has 0 aromatic carbocycles. The van der Waals surface area contributed by atoms with Crippen molar-refractivity contribution in [2.75, 3.05) is 6.54 Å². The van der Waals surface area contributed by atoms with Gasteiger partial charge in [0.2, 0.25) is 0 Å². The van der Waals surface area contributed by atoms with Gasteiger partial charge in [0.1, 0.15) is 0 Å². The van der Waals surface area contributed by atoms with Gasteiger partial charge < -0.3 is 5.32 Å². The number of fused-ring (bicyclic) bond motifs is 1. The third-order valence-corrected chi connectivity index (χ3v) is 3.36. The van der Waals surface area contributed by atoms with Gasteiger partial charge >= 0.3 is 0 Å². The summed E-state index contributed by atoms with van der Waals surface area (Å²) in [6, 6.07) is 6.56. The lowest BCUT2D eigenvalue weighted by Crippen LogP contribution is -2.19. The zero-order valence-corrected chi connectivity index (χ0v) is 9.92. The molecule has 0 aliphatic rings. The summed E-state index contributed by atoms with van der Waals surface area (Å²) in [5, 5.41) is 13.8. The van der Waals surface area contributed by atoms with Crippen LogP contribution >= 0.6 is 11.3 Å². The number of nitriles is 1. The maximum absolute atomic E-state index is 8.46. The van der Waals surface area contributed by atoms with Crippen molar-refractivity contribution in [1.29, 1.82) is 5.26 Å². The molecule has 0 amide bonds. The summed E-state index contributed by atoms with van der Waals surface area (Å²) >= 11 is 1.70. The Bertz CT molecular complexity index is 512. The number of rotatable bonds is 4. The number of thiophene rings is 1. The predicted octanol–water partition coefficient (Wildman–Crippen LogP) is 2.86. The lowest BCUT2D eigenvalue weighted by Gasteiger charge is -2.12. The third kappa shape index (κ3) is 2.38. The summed E-state index contributed by atoms with van der Waals surface area (Å²) in [6.07, 6.45) is 2.44. The van der Waals surface area contributed by atoms with Gasteiger partial charge in [0, 0.05) is 25.2 Å². The van der Waals surface area contributed by atoms with Crippen LogP contribution in [0.5, 0.6) is 0 Å². The van der Waals surface area contributed by atoms with Crippen LogP contribution in [0.25, 0.3) is 10.2 Å². The van der Waals surface area contributed by atoms with E-state index in [-0.39, 0.29) is 6.04 Å². The summed E-state index contributed by atoms with van der Waals surface area (Å²) in [5.74, 6) is 0. The van der Waals surface area contributed by atoms with Gasteiger partial charge in [-0.05, 0) is 30.0 Å². The van der Waals surface area contributed by atoms with E-state index in [1.165, 1.54) is 10.3 Å². The summed E-state index contributed by atoms with van der Waals surface area (Å²) in [6.45, 7) is 2.81. The maximum atomic E-state index is 8.46. The van der Waals surface area contributed by atoms with E-state index in [1.807, 2.05) is 12.3 Å². The summed E-state index contributed by atoms with van der Waals surface area (Å²) in [5.41, 5.74) is 2.23. The molecule has 0 aliphatic carbocycles. The highest BCUT2D eigenvalue weighted by Crippen LogP contribution is 2.22. The Hall–Kier alpha value is -1.44. The van der Waals surface area contributed by atoms with E-state index < -0.39 is 0 Å². The topological polar surface area (TPSA) is 48.7 Å². The highest BCUT2D eigenvalue weighted by atomic mass is 32.1. The molecule has 4 heteroatoms.